The van der Waals surface area contributed by atoms with E-state index in [1.54, 1.807) is 41.6 Å². The smallest absolute Gasteiger partial charge is 0.317 e. The maximum atomic E-state index is 13.4. The molecule has 2 heterocycles. The van der Waals surface area contributed by atoms with E-state index >= 15 is 0 Å². The topological polar surface area (TPSA) is 54.5 Å². The molecule has 1 fully saturated rings. The van der Waals surface area contributed by atoms with E-state index in [2.05, 4.69) is 10.3 Å². The molecule has 172 valence electrons. The number of hydrogen-bond acceptors (Lipinski definition) is 3. The van der Waals surface area contributed by atoms with Crippen LogP contribution in [0.2, 0.25) is 0 Å². The number of amides is 2. The number of likely N-dealkylation sites (tertiary alicyclic amines) is 1. The first-order valence-corrected chi connectivity index (χ1v) is 11.2. The van der Waals surface area contributed by atoms with E-state index in [0.29, 0.717) is 26.1 Å². The molecule has 7 heteroatoms. The molecule has 0 atom stereocenters. The molecule has 3 aromatic rings. The second-order valence-electron chi connectivity index (χ2n) is 8.16. The highest BCUT2D eigenvalue weighted by Gasteiger charge is 2.24. The van der Waals surface area contributed by atoms with Gasteiger partial charge in [0.1, 0.15) is 23.5 Å². The molecular formula is C26H27F2N3O2. The lowest BCUT2D eigenvalue weighted by Gasteiger charge is -2.32. The number of ether oxygens (including phenoxy) is 1. The minimum atomic E-state index is -0.304. The summed E-state index contributed by atoms with van der Waals surface area (Å²) < 4.78 is 32.7. The minimum absolute atomic E-state index is 0.0778. The Morgan fingerprint density at radius 1 is 0.939 bits per heavy atom. The Balaban J connectivity index is 1.29. The fourth-order valence-corrected chi connectivity index (χ4v) is 4.14. The molecule has 0 bridgehead atoms. The summed E-state index contributed by atoms with van der Waals surface area (Å²) in [5, 5.41) is 3.00. The summed E-state index contributed by atoms with van der Waals surface area (Å²) in [4.78, 5) is 18.5. The van der Waals surface area contributed by atoms with E-state index in [0.717, 1.165) is 29.7 Å². The van der Waals surface area contributed by atoms with Gasteiger partial charge in [0.15, 0.2) is 0 Å². The Morgan fingerprint density at radius 2 is 1.48 bits per heavy atom. The van der Waals surface area contributed by atoms with Crippen LogP contribution in [-0.2, 0) is 0 Å². The third-order valence-electron chi connectivity index (χ3n) is 5.94. The molecule has 1 aliphatic heterocycles. The number of urea groups is 1. The number of hydrogen-bond donors (Lipinski definition) is 1. The van der Waals surface area contributed by atoms with E-state index < -0.39 is 0 Å². The molecule has 1 aromatic heterocycles. The number of aromatic nitrogens is 1. The molecule has 0 radical (unpaired) electrons. The second-order valence-corrected chi connectivity index (χ2v) is 8.16. The summed E-state index contributed by atoms with van der Waals surface area (Å²) in [6.45, 7) is 1.70. The molecule has 0 aliphatic carbocycles. The number of carbonyl (C=O) groups excluding carboxylic acids is 1. The van der Waals surface area contributed by atoms with Crippen molar-refractivity contribution >= 4 is 6.03 Å². The summed E-state index contributed by atoms with van der Waals surface area (Å²) in [7, 11) is 0. The van der Waals surface area contributed by atoms with Crippen molar-refractivity contribution in [1.82, 2.24) is 15.2 Å². The minimum Gasteiger partial charge on any atom is -0.490 e. The average Bonchev–Trinajstić information content (AvgIpc) is 2.84. The zero-order chi connectivity index (χ0) is 23.0. The van der Waals surface area contributed by atoms with E-state index in [1.807, 2.05) is 12.1 Å². The first-order valence-electron chi connectivity index (χ1n) is 11.2. The Labute approximate surface area is 192 Å². The van der Waals surface area contributed by atoms with Gasteiger partial charge in [0, 0.05) is 50.8 Å². The molecule has 1 N–H and O–H groups in total. The van der Waals surface area contributed by atoms with Crippen molar-refractivity contribution in [2.24, 2.45) is 0 Å². The SMILES string of the molecule is O=C(NCCC(c1ccc(F)cc1)c1ccc(F)cc1)N1CCC(Oc2ccncc2)CC1. The van der Waals surface area contributed by atoms with Gasteiger partial charge in [0.05, 0.1) is 0 Å². The van der Waals surface area contributed by atoms with Gasteiger partial charge in [-0.05, 0) is 53.9 Å². The quantitative estimate of drug-likeness (QED) is 0.542. The monoisotopic (exact) mass is 451 g/mol. The van der Waals surface area contributed by atoms with Crippen molar-refractivity contribution in [1.29, 1.82) is 0 Å². The number of nitrogens with one attached hydrogen (secondary N) is 1. The lowest BCUT2D eigenvalue weighted by atomic mass is 9.88. The van der Waals surface area contributed by atoms with Crippen LogP contribution in [0.1, 0.15) is 36.3 Å². The van der Waals surface area contributed by atoms with Crippen LogP contribution in [0.5, 0.6) is 5.75 Å². The van der Waals surface area contributed by atoms with Gasteiger partial charge in [0.2, 0.25) is 0 Å². The average molecular weight is 452 g/mol. The van der Waals surface area contributed by atoms with Crippen LogP contribution in [0, 0.1) is 11.6 Å². The van der Waals surface area contributed by atoms with Crippen LogP contribution in [0.4, 0.5) is 13.6 Å². The number of piperidine rings is 1. The predicted molar refractivity (Wildman–Crippen MR) is 122 cm³/mol. The van der Waals surface area contributed by atoms with Gasteiger partial charge < -0.3 is 15.0 Å². The first-order chi connectivity index (χ1) is 16.1. The molecule has 1 aliphatic rings. The zero-order valence-electron chi connectivity index (χ0n) is 18.3. The predicted octanol–water partition coefficient (Wildman–Crippen LogP) is 5.13. The molecule has 5 nitrogen and oxygen atoms in total. The summed E-state index contributed by atoms with van der Waals surface area (Å²) >= 11 is 0. The highest BCUT2D eigenvalue weighted by Crippen LogP contribution is 2.28. The number of rotatable bonds is 7. The zero-order valence-corrected chi connectivity index (χ0v) is 18.3. The maximum Gasteiger partial charge on any atom is 0.317 e. The Hall–Kier alpha value is -3.48. The molecule has 2 aromatic carbocycles. The van der Waals surface area contributed by atoms with Gasteiger partial charge >= 0.3 is 6.03 Å². The third kappa shape index (κ3) is 6.28. The van der Waals surface area contributed by atoms with Crippen molar-refractivity contribution in [2.45, 2.75) is 31.3 Å². The number of pyridine rings is 1. The summed E-state index contributed by atoms with van der Waals surface area (Å²) in [6, 6.07) is 16.2. The van der Waals surface area contributed by atoms with Crippen LogP contribution < -0.4 is 10.1 Å². The highest BCUT2D eigenvalue weighted by molar-refractivity contribution is 5.74. The van der Waals surface area contributed by atoms with Crippen molar-refractivity contribution in [3.05, 3.63) is 95.8 Å². The fraction of sp³-hybridized carbons (Fsp3) is 0.308. The van der Waals surface area contributed by atoms with E-state index in [9.17, 15) is 13.6 Å². The van der Waals surface area contributed by atoms with Gasteiger partial charge in [-0.3, -0.25) is 4.98 Å². The molecule has 2 amide bonds. The van der Waals surface area contributed by atoms with Gasteiger partial charge in [-0.25, -0.2) is 13.6 Å². The first kappa shape index (κ1) is 22.7. The molecule has 4 rings (SSSR count). The fourth-order valence-electron chi connectivity index (χ4n) is 4.14. The third-order valence-corrected chi connectivity index (χ3v) is 5.94. The standard InChI is InChI=1S/C26H27F2N3O2/c27-21-5-1-19(2-6-21)25(20-3-7-22(28)8-4-20)11-16-30-26(32)31-17-12-24(13-18-31)33-23-9-14-29-15-10-23/h1-10,14-15,24-25H,11-13,16-18H2,(H,30,32). The second kappa shape index (κ2) is 10.9. The van der Waals surface area contributed by atoms with Crippen molar-refractivity contribution in [3.8, 4) is 5.75 Å². The van der Waals surface area contributed by atoms with Crippen LogP contribution in [0.15, 0.2) is 73.1 Å². The number of carbonyl (C=O) groups is 1. The molecular weight excluding hydrogens is 424 g/mol. The van der Waals surface area contributed by atoms with E-state index in [-0.39, 0.29) is 29.7 Å². The lowest BCUT2D eigenvalue weighted by molar-refractivity contribution is 0.111. The van der Waals surface area contributed by atoms with Crippen molar-refractivity contribution in [2.75, 3.05) is 19.6 Å². The van der Waals surface area contributed by atoms with Crippen molar-refractivity contribution < 1.29 is 18.3 Å². The Bertz CT molecular complexity index is 976. The van der Waals surface area contributed by atoms with Gasteiger partial charge in [-0.15, -0.1) is 0 Å². The van der Waals surface area contributed by atoms with Crippen LogP contribution in [0.3, 0.4) is 0 Å². The largest absolute Gasteiger partial charge is 0.490 e. The number of halogens is 2. The number of benzene rings is 2. The van der Waals surface area contributed by atoms with Crippen molar-refractivity contribution in [3.63, 3.8) is 0 Å². The summed E-state index contributed by atoms with van der Waals surface area (Å²) in [6.07, 6.45) is 5.63. The van der Waals surface area contributed by atoms with Gasteiger partial charge in [0.25, 0.3) is 0 Å². The normalized spacial score (nSPS) is 14.3. The lowest BCUT2D eigenvalue weighted by Crippen LogP contribution is -2.46. The van der Waals surface area contributed by atoms with Gasteiger partial charge in [-0.1, -0.05) is 24.3 Å². The Morgan fingerprint density at radius 3 is 2.03 bits per heavy atom. The Kier molecular flexibility index (Phi) is 7.50. The number of nitrogens with zero attached hydrogens (tertiary/aromatic N) is 2. The van der Waals surface area contributed by atoms with E-state index in [4.69, 9.17) is 4.74 Å². The van der Waals surface area contributed by atoms with Crippen LogP contribution >= 0.6 is 0 Å². The van der Waals surface area contributed by atoms with E-state index in [1.165, 1.54) is 24.3 Å². The van der Waals surface area contributed by atoms with Gasteiger partial charge in [-0.2, -0.15) is 0 Å². The van der Waals surface area contributed by atoms with Crippen LogP contribution in [0.25, 0.3) is 0 Å². The summed E-state index contributed by atoms with van der Waals surface area (Å²) in [5.41, 5.74) is 1.85. The molecule has 33 heavy (non-hydrogen) atoms. The molecule has 0 saturated carbocycles. The molecule has 0 spiro atoms. The maximum absolute atomic E-state index is 13.4. The summed E-state index contributed by atoms with van der Waals surface area (Å²) in [5.74, 6) is 0.106. The molecule has 1 saturated heterocycles. The highest BCUT2D eigenvalue weighted by atomic mass is 19.1. The molecule has 0 unspecified atom stereocenters. The van der Waals surface area contributed by atoms with Crippen LogP contribution in [-0.4, -0.2) is 41.7 Å².